The van der Waals surface area contributed by atoms with E-state index in [0.717, 1.165) is 0 Å². The molecule has 1 atom stereocenters. The first kappa shape index (κ1) is 24.2. The number of oxazole rings is 1. The maximum atomic E-state index is 13.6. The third kappa shape index (κ3) is 4.32. The number of amides is 3. The van der Waals surface area contributed by atoms with Gasteiger partial charge in [0.2, 0.25) is 11.7 Å². The highest BCUT2D eigenvalue weighted by Crippen LogP contribution is 2.34. The predicted octanol–water partition coefficient (Wildman–Crippen LogP) is 3.85. The molecule has 1 saturated heterocycles. The zero-order chi connectivity index (χ0) is 26.3. The molecule has 0 bridgehead atoms. The number of hydrogen-bond donors (Lipinski definition) is 2. The number of rotatable bonds is 4. The van der Waals surface area contributed by atoms with Gasteiger partial charge in [0.1, 0.15) is 17.0 Å². The number of anilines is 1. The van der Waals surface area contributed by atoms with Crippen LogP contribution in [0.4, 0.5) is 5.69 Å². The summed E-state index contributed by atoms with van der Waals surface area (Å²) in [5, 5.41) is 14.0. The molecular formula is C25H14Cl2N4O6. The number of aromatic hydroxyl groups is 1. The molecule has 1 aliphatic rings. The molecule has 1 unspecified atom stereocenters. The number of halogens is 2. The van der Waals surface area contributed by atoms with E-state index in [2.05, 4.69) is 15.5 Å². The number of nitrogens with one attached hydrogen (secondary N) is 1. The van der Waals surface area contributed by atoms with Crippen LogP contribution in [-0.4, -0.2) is 39.3 Å². The van der Waals surface area contributed by atoms with Crippen molar-refractivity contribution >= 4 is 69.2 Å². The maximum absolute atomic E-state index is 13.6. The fourth-order valence-corrected chi connectivity index (χ4v) is 4.25. The number of para-hydroxylation sites is 3. The lowest BCUT2D eigenvalue weighted by atomic mass is 9.91. The number of fused-ring (bicyclic) bond motifs is 1. The van der Waals surface area contributed by atoms with Crippen LogP contribution < -0.4 is 10.3 Å². The Morgan fingerprint density at radius 3 is 2.46 bits per heavy atom. The summed E-state index contributed by atoms with van der Waals surface area (Å²) < 4.78 is 5.66. The highest BCUT2D eigenvalue weighted by molar-refractivity contribution is 6.67. The molecule has 184 valence electrons. The number of carbonyl (C=O) groups is 4. The zero-order valence-electron chi connectivity index (χ0n) is 18.5. The number of hydrogen-bond acceptors (Lipinski definition) is 8. The number of phenolic OH excluding ortho intramolecular Hbond substituents is 1. The van der Waals surface area contributed by atoms with E-state index in [1.807, 2.05) is 0 Å². The van der Waals surface area contributed by atoms with Gasteiger partial charge in [-0.2, -0.15) is 5.10 Å². The van der Waals surface area contributed by atoms with Gasteiger partial charge in [-0.25, -0.2) is 15.3 Å². The van der Waals surface area contributed by atoms with Crippen molar-refractivity contribution < 1.29 is 28.7 Å². The van der Waals surface area contributed by atoms with Crippen molar-refractivity contribution in [1.29, 1.82) is 0 Å². The van der Waals surface area contributed by atoms with Gasteiger partial charge in [0.15, 0.2) is 11.5 Å². The van der Waals surface area contributed by atoms with Crippen LogP contribution in [-0.2, 0) is 14.4 Å². The monoisotopic (exact) mass is 536 g/mol. The first-order chi connectivity index (χ1) is 17.8. The van der Waals surface area contributed by atoms with Crippen LogP contribution in [0.1, 0.15) is 22.2 Å². The van der Waals surface area contributed by atoms with E-state index in [-0.39, 0.29) is 32.9 Å². The van der Waals surface area contributed by atoms with Gasteiger partial charge in [0, 0.05) is 5.02 Å². The Morgan fingerprint density at radius 2 is 1.73 bits per heavy atom. The molecule has 3 amide bonds. The van der Waals surface area contributed by atoms with Crippen LogP contribution in [0.3, 0.4) is 0 Å². The molecule has 1 fully saturated rings. The third-order valence-electron chi connectivity index (χ3n) is 5.51. The molecular weight excluding hydrogens is 523 g/mol. The van der Waals surface area contributed by atoms with Crippen molar-refractivity contribution in [1.82, 2.24) is 10.4 Å². The smallest absolute Gasteiger partial charge is 0.302 e. The van der Waals surface area contributed by atoms with E-state index < -0.39 is 35.1 Å². The lowest BCUT2D eigenvalue weighted by Crippen LogP contribution is -2.55. The van der Waals surface area contributed by atoms with E-state index >= 15 is 0 Å². The van der Waals surface area contributed by atoms with Crippen LogP contribution >= 0.6 is 23.2 Å². The number of benzene rings is 3. The Hall–Kier alpha value is -4.54. The molecule has 0 radical (unpaired) electrons. The summed E-state index contributed by atoms with van der Waals surface area (Å²) in [6.07, 6.45) is 0. The molecule has 0 spiro atoms. The number of phenols is 1. The molecule has 3 aromatic carbocycles. The number of ketones is 1. The Bertz CT molecular complexity index is 1610. The summed E-state index contributed by atoms with van der Waals surface area (Å²) in [4.78, 5) is 57.5. The van der Waals surface area contributed by atoms with Gasteiger partial charge in [0.25, 0.3) is 11.8 Å². The summed E-state index contributed by atoms with van der Waals surface area (Å²) >= 11 is 12.1. The second-order valence-corrected chi connectivity index (χ2v) is 8.66. The molecule has 1 aliphatic heterocycles. The minimum absolute atomic E-state index is 0.0695. The van der Waals surface area contributed by atoms with Crippen molar-refractivity contribution in [2.75, 3.05) is 4.90 Å². The topological polar surface area (TPSA) is 142 Å². The van der Waals surface area contributed by atoms with Crippen LogP contribution in [0.25, 0.3) is 11.1 Å². The molecule has 1 aromatic heterocycles. The lowest BCUT2D eigenvalue weighted by Gasteiger charge is -2.29. The molecule has 0 saturated carbocycles. The van der Waals surface area contributed by atoms with Crippen LogP contribution in [0, 0.1) is 0 Å². The second-order valence-electron chi connectivity index (χ2n) is 7.81. The highest BCUT2D eigenvalue weighted by atomic mass is 35.5. The lowest BCUT2D eigenvalue weighted by molar-refractivity contribution is -0.139. The van der Waals surface area contributed by atoms with E-state index in [1.54, 1.807) is 24.3 Å². The fraction of sp³-hybridized carbons (Fsp3) is 0.0400. The first-order valence-corrected chi connectivity index (χ1v) is 11.4. The van der Waals surface area contributed by atoms with Crippen molar-refractivity contribution in [2.24, 2.45) is 5.10 Å². The number of carbonyl (C=O) groups excluding carboxylic acids is 4. The van der Waals surface area contributed by atoms with E-state index in [1.165, 1.54) is 42.5 Å². The maximum Gasteiger partial charge on any atom is 0.302 e. The Balaban J connectivity index is 1.61. The van der Waals surface area contributed by atoms with Gasteiger partial charge in [0.05, 0.1) is 16.3 Å². The predicted molar refractivity (Wildman–Crippen MR) is 134 cm³/mol. The standard InChI is InChI=1S/C25H14Cl2N4O6/c26-12-9-10-16(14(27)11-12)31-24(35)20(29-30-22(34)13-5-1-3-7-17(13)32)19(21(33)25(31)36)23-28-15-6-2-4-8-18(15)37-23/h1-11,19,32H,(H,30,34)/b29-20-. The molecule has 2 heterocycles. The van der Waals surface area contributed by atoms with Crippen molar-refractivity contribution in [2.45, 2.75) is 5.92 Å². The van der Waals surface area contributed by atoms with E-state index in [4.69, 9.17) is 27.6 Å². The summed E-state index contributed by atoms with van der Waals surface area (Å²) in [6.45, 7) is 0. The Labute approximate surface area is 218 Å². The van der Waals surface area contributed by atoms with Gasteiger partial charge < -0.3 is 9.52 Å². The average Bonchev–Trinajstić information content (AvgIpc) is 3.30. The van der Waals surface area contributed by atoms with Crippen LogP contribution in [0.5, 0.6) is 5.75 Å². The first-order valence-electron chi connectivity index (χ1n) is 10.7. The molecule has 10 nitrogen and oxygen atoms in total. The second kappa shape index (κ2) is 9.49. The van der Waals surface area contributed by atoms with Crippen LogP contribution in [0.15, 0.2) is 76.2 Å². The number of hydrazone groups is 1. The quantitative estimate of drug-likeness (QED) is 0.229. The summed E-state index contributed by atoms with van der Waals surface area (Å²) in [6, 6.07) is 16.2. The minimum atomic E-state index is -1.65. The minimum Gasteiger partial charge on any atom is -0.507 e. The SMILES string of the molecule is O=C(N/N=C1\C(=O)N(c2ccc(Cl)cc2Cl)C(=O)C(=O)C1c1nc2ccccc2o1)c1ccccc1O. The Morgan fingerprint density at radius 1 is 1.00 bits per heavy atom. The summed E-state index contributed by atoms with van der Waals surface area (Å²) in [7, 11) is 0. The summed E-state index contributed by atoms with van der Waals surface area (Å²) in [5.41, 5.74) is 2.06. The zero-order valence-corrected chi connectivity index (χ0v) is 20.0. The van der Waals surface area contributed by atoms with Gasteiger partial charge in [-0.05, 0) is 42.5 Å². The number of nitrogens with zero attached hydrogens (tertiary/aromatic N) is 3. The average molecular weight is 537 g/mol. The van der Waals surface area contributed by atoms with E-state index in [9.17, 15) is 24.3 Å². The van der Waals surface area contributed by atoms with Crippen molar-refractivity contribution in [3.63, 3.8) is 0 Å². The van der Waals surface area contributed by atoms with E-state index in [0.29, 0.717) is 16.0 Å². The molecule has 37 heavy (non-hydrogen) atoms. The van der Waals surface area contributed by atoms with Crippen LogP contribution in [0.2, 0.25) is 10.0 Å². The largest absolute Gasteiger partial charge is 0.507 e. The fourth-order valence-electron chi connectivity index (χ4n) is 3.76. The normalized spacial score (nSPS) is 17.0. The molecule has 2 N–H and O–H groups in total. The van der Waals surface area contributed by atoms with Gasteiger partial charge >= 0.3 is 5.91 Å². The molecule has 0 aliphatic carbocycles. The van der Waals surface area contributed by atoms with Gasteiger partial charge in [-0.15, -0.1) is 0 Å². The van der Waals surface area contributed by atoms with Crippen molar-refractivity contribution in [3.8, 4) is 5.75 Å². The highest BCUT2D eigenvalue weighted by Gasteiger charge is 2.50. The summed E-state index contributed by atoms with van der Waals surface area (Å²) in [5.74, 6) is -6.44. The number of aromatic nitrogens is 1. The van der Waals surface area contributed by atoms with Gasteiger partial charge in [-0.1, -0.05) is 47.5 Å². The molecule has 4 aromatic rings. The third-order valence-corrected chi connectivity index (χ3v) is 6.04. The number of imide groups is 1. The Kier molecular flexibility index (Phi) is 6.20. The molecule has 12 heteroatoms. The number of piperidine rings is 1. The molecule has 5 rings (SSSR count). The van der Waals surface area contributed by atoms with Gasteiger partial charge in [-0.3, -0.25) is 19.2 Å². The number of Topliss-reactive ketones (excluding diaryl/α,β-unsaturated/α-hetero) is 1. The van der Waals surface area contributed by atoms with Crippen molar-refractivity contribution in [3.05, 3.63) is 88.2 Å².